The lowest BCUT2D eigenvalue weighted by atomic mass is 9.99. The Kier molecular flexibility index (Phi) is 4.83. The summed E-state index contributed by atoms with van der Waals surface area (Å²) in [5, 5.41) is 2.82. The average Bonchev–Trinajstić information content (AvgIpc) is 2.84. The molecule has 0 atom stereocenters. The van der Waals surface area contributed by atoms with Crippen molar-refractivity contribution in [3.8, 4) is 0 Å². The molecule has 0 bridgehead atoms. The normalized spacial score (nSPS) is 14.6. The summed E-state index contributed by atoms with van der Waals surface area (Å²) in [4.78, 5) is 27.0. The van der Waals surface area contributed by atoms with E-state index in [-0.39, 0.29) is 23.0 Å². The van der Waals surface area contributed by atoms with E-state index >= 15 is 0 Å². The van der Waals surface area contributed by atoms with Crippen LogP contribution in [0.3, 0.4) is 0 Å². The van der Waals surface area contributed by atoms with Gasteiger partial charge in [0.25, 0.3) is 11.8 Å². The van der Waals surface area contributed by atoms with Crippen LogP contribution in [0.5, 0.6) is 0 Å². The fraction of sp³-hybridized carbons (Fsp3) is 0.238. The summed E-state index contributed by atoms with van der Waals surface area (Å²) in [7, 11) is 0. The molecule has 1 N–H and O–H groups in total. The number of hydrogen-bond acceptors (Lipinski definition) is 3. The van der Waals surface area contributed by atoms with Crippen molar-refractivity contribution in [2.24, 2.45) is 0 Å². The lowest BCUT2D eigenvalue weighted by Crippen LogP contribution is -2.38. The minimum atomic E-state index is -1.04. The third-order valence-electron chi connectivity index (χ3n) is 4.62. The van der Waals surface area contributed by atoms with Gasteiger partial charge in [-0.05, 0) is 56.5 Å². The highest BCUT2D eigenvalue weighted by atomic mass is 19.2. The van der Waals surface area contributed by atoms with Crippen molar-refractivity contribution in [2.45, 2.75) is 33.7 Å². The smallest absolute Gasteiger partial charge is 0.278 e. The summed E-state index contributed by atoms with van der Waals surface area (Å²) >= 11 is 0. The maximum atomic E-state index is 13.6. The van der Waals surface area contributed by atoms with Crippen LogP contribution in [0.4, 0.5) is 14.5 Å². The zero-order valence-corrected chi connectivity index (χ0v) is 15.6. The minimum Gasteiger partial charge on any atom is -0.350 e. The standard InChI is InChI=1S/C21H20F2N2O2/c1-11(2)25-20(26)18(14-6-5-12(3)13(4)9-14)19(21(25)27)24-15-7-8-16(22)17(23)10-15/h5-11,24H,1-4H3. The van der Waals surface area contributed by atoms with E-state index in [0.29, 0.717) is 5.56 Å². The van der Waals surface area contributed by atoms with E-state index in [1.54, 1.807) is 19.9 Å². The monoisotopic (exact) mass is 370 g/mol. The molecule has 27 heavy (non-hydrogen) atoms. The number of hydrogen-bond donors (Lipinski definition) is 1. The van der Waals surface area contributed by atoms with E-state index in [9.17, 15) is 18.4 Å². The summed E-state index contributed by atoms with van der Waals surface area (Å²) in [6, 6.07) is 8.40. The SMILES string of the molecule is Cc1ccc(C2=C(Nc3ccc(F)c(F)c3)C(=O)N(C(C)C)C2=O)cc1C. The molecule has 1 aliphatic rings. The van der Waals surface area contributed by atoms with Gasteiger partial charge in [-0.25, -0.2) is 8.78 Å². The Morgan fingerprint density at radius 2 is 1.59 bits per heavy atom. The van der Waals surface area contributed by atoms with Crippen LogP contribution in [-0.2, 0) is 9.59 Å². The number of amides is 2. The van der Waals surface area contributed by atoms with Gasteiger partial charge >= 0.3 is 0 Å². The molecular weight excluding hydrogens is 350 g/mol. The molecule has 0 spiro atoms. The first-order valence-corrected chi connectivity index (χ1v) is 8.62. The van der Waals surface area contributed by atoms with Gasteiger partial charge in [-0.1, -0.05) is 18.2 Å². The van der Waals surface area contributed by atoms with Crippen LogP contribution < -0.4 is 5.32 Å². The van der Waals surface area contributed by atoms with Crippen LogP contribution in [0, 0.1) is 25.5 Å². The van der Waals surface area contributed by atoms with Crippen LogP contribution >= 0.6 is 0 Å². The number of rotatable bonds is 4. The van der Waals surface area contributed by atoms with Crippen molar-refractivity contribution in [1.82, 2.24) is 4.90 Å². The molecule has 0 fully saturated rings. The van der Waals surface area contributed by atoms with Gasteiger partial charge in [0.2, 0.25) is 0 Å². The number of carbonyl (C=O) groups excluding carboxylic acids is 2. The van der Waals surface area contributed by atoms with Crippen LogP contribution in [0.2, 0.25) is 0 Å². The third kappa shape index (κ3) is 3.35. The zero-order valence-electron chi connectivity index (χ0n) is 15.6. The fourth-order valence-electron chi connectivity index (χ4n) is 3.01. The molecule has 2 amide bonds. The predicted molar refractivity (Wildman–Crippen MR) is 99.8 cm³/mol. The Morgan fingerprint density at radius 3 is 2.19 bits per heavy atom. The van der Waals surface area contributed by atoms with Crippen molar-refractivity contribution in [1.29, 1.82) is 0 Å². The Hall–Kier alpha value is -3.02. The fourth-order valence-corrected chi connectivity index (χ4v) is 3.01. The molecule has 0 radical (unpaired) electrons. The van der Waals surface area contributed by atoms with Crippen molar-refractivity contribution in [3.63, 3.8) is 0 Å². The van der Waals surface area contributed by atoms with Gasteiger partial charge in [0.15, 0.2) is 11.6 Å². The molecule has 2 aromatic carbocycles. The second-order valence-corrected chi connectivity index (χ2v) is 6.88. The number of nitrogens with zero attached hydrogens (tertiary/aromatic N) is 1. The van der Waals surface area contributed by atoms with Gasteiger partial charge < -0.3 is 5.32 Å². The molecule has 3 rings (SSSR count). The number of carbonyl (C=O) groups is 2. The summed E-state index contributed by atoms with van der Waals surface area (Å²) in [6.45, 7) is 7.36. The molecule has 0 saturated carbocycles. The first-order chi connectivity index (χ1) is 12.7. The Balaban J connectivity index is 2.13. The highest BCUT2D eigenvalue weighted by Gasteiger charge is 2.40. The van der Waals surface area contributed by atoms with E-state index in [0.717, 1.165) is 28.2 Å². The van der Waals surface area contributed by atoms with Crippen LogP contribution in [0.1, 0.15) is 30.5 Å². The van der Waals surface area contributed by atoms with E-state index in [2.05, 4.69) is 5.32 Å². The molecule has 140 valence electrons. The number of imide groups is 1. The molecule has 2 aromatic rings. The summed E-state index contributed by atoms with van der Waals surface area (Å²) in [6.07, 6.45) is 0. The van der Waals surface area contributed by atoms with Crippen molar-refractivity contribution in [3.05, 3.63) is 70.4 Å². The molecule has 4 nitrogen and oxygen atoms in total. The number of benzene rings is 2. The second kappa shape index (κ2) is 6.95. The topological polar surface area (TPSA) is 49.4 Å². The predicted octanol–water partition coefficient (Wildman–Crippen LogP) is 4.18. The number of halogens is 2. The second-order valence-electron chi connectivity index (χ2n) is 6.88. The summed E-state index contributed by atoms with van der Waals surface area (Å²) in [5.74, 6) is -2.93. The molecule has 0 aromatic heterocycles. The lowest BCUT2D eigenvalue weighted by Gasteiger charge is -2.19. The van der Waals surface area contributed by atoms with Gasteiger partial charge in [-0.15, -0.1) is 0 Å². The molecule has 0 saturated heterocycles. The molecule has 1 aliphatic heterocycles. The Morgan fingerprint density at radius 1 is 0.889 bits per heavy atom. The minimum absolute atomic E-state index is 0.0583. The van der Waals surface area contributed by atoms with E-state index in [1.165, 1.54) is 6.07 Å². The maximum absolute atomic E-state index is 13.6. The van der Waals surface area contributed by atoms with Crippen molar-refractivity contribution >= 4 is 23.1 Å². The van der Waals surface area contributed by atoms with Gasteiger partial charge in [-0.3, -0.25) is 14.5 Å². The third-order valence-corrected chi connectivity index (χ3v) is 4.62. The van der Waals surface area contributed by atoms with E-state index < -0.39 is 23.4 Å². The molecule has 0 aliphatic carbocycles. The highest BCUT2D eigenvalue weighted by molar-refractivity contribution is 6.36. The van der Waals surface area contributed by atoms with Crippen LogP contribution in [0.25, 0.3) is 5.57 Å². The number of anilines is 1. The number of aryl methyl sites for hydroxylation is 2. The summed E-state index contributed by atoms with van der Waals surface area (Å²) < 4.78 is 26.8. The first-order valence-electron chi connectivity index (χ1n) is 8.62. The van der Waals surface area contributed by atoms with E-state index in [1.807, 2.05) is 26.0 Å². The quantitative estimate of drug-likeness (QED) is 0.822. The summed E-state index contributed by atoms with van der Waals surface area (Å²) in [5.41, 5.74) is 3.12. The average molecular weight is 370 g/mol. The molecular formula is C21H20F2N2O2. The van der Waals surface area contributed by atoms with Crippen LogP contribution in [-0.4, -0.2) is 22.8 Å². The molecule has 0 unspecified atom stereocenters. The maximum Gasteiger partial charge on any atom is 0.278 e. The lowest BCUT2D eigenvalue weighted by molar-refractivity contribution is -0.138. The van der Waals surface area contributed by atoms with E-state index in [4.69, 9.17) is 0 Å². The van der Waals surface area contributed by atoms with Gasteiger partial charge in [-0.2, -0.15) is 0 Å². The Labute approximate surface area is 156 Å². The Bertz CT molecular complexity index is 980. The number of nitrogens with one attached hydrogen (secondary N) is 1. The first kappa shape index (κ1) is 18.8. The highest BCUT2D eigenvalue weighted by Crippen LogP contribution is 2.32. The largest absolute Gasteiger partial charge is 0.350 e. The van der Waals surface area contributed by atoms with Crippen LogP contribution in [0.15, 0.2) is 42.1 Å². The van der Waals surface area contributed by atoms with Gasteiger partial charge in [0.05, 0.1) is 5.57 Å². The van der Waals surface area contributed by atoms with Gasteiger partial charge in [0.1, 0.15) is 5.70 Å². The zero-order chi connectivity index (χ0) is 19.9. The van der Waals surface area contributed by atoms with Crippen molar-refractivity contribution < 1.29 is 18.4 Å². The molecule has 6 heteroatoms. The van der Waals surface area contributed by atoms with Crippen molar-refractivity contribution in [2.75, 3.05) is 5.32 Å². The molecule has 1 heterocycles. The van der Waals surface area contributed by atoms with Gasteiger partial charge in [0, 0.05) is 17.8 Å².